The molecule has 1 aliphatic heterocycles. The first kappa shape index (κ1) is 22.5. The molecule has 32 heavy (non-hydrogen) atoms. The van der Waals surface area contributed by atoms with Crippen LogP contribution in [0, 0.1) is 11.7 Å². The van der Waals surface area contributed by atoms with Crippen molar-refractivity contribution in [3.8, 4) is 0 Å². The fourth-order valence-corrected chi connectivity index (χ4v) is 4.61. The van der Waals surface area contributed by atoms with Crippen LogP contribution in [0.25, 0.3) is 0 Å². The van der Waals surface area contributed by atoms with Crippen LogP contribution < -0.4 is 0 Å². The molecular formula is C27H28ClFN2O. The maximum Gasteiger partial charge on any atom is 0.227 e. The van der Waals surface area contributed by atoms with Gasteiger partial charge in [-0.15, -0.1) is 0 Å². The molecule has 3 aromatic carbocycles. The van der Waals surface area contributed by atoms with Crippen molar-refractivity contribution in [1.29, 1.82) is 0 Å². The Balaban J connectivity index is 1.49. The number of halogens is 2. The maximum absolute atomic E-state index is 14.3. The molecule has 0 aromatic heterocycles. The fraction of sp³-hybridized carbons (Fsp3) is 0.296. The third-order valence-electron chi connectivity index (χ3n) is 6.04. The van der Waals surface area contributed by atoms with Crippen molar-refractivity contribution >= 4 is 17.5 Å². The lowest BCUT2D eigenvalue weighted by Crippen LogP contribution is -2.44. The molecule has 166 valence electrons. The zero-order valence-corrected chi connectivity index (χ0v) is 18.8. The number of hydrogen-bond acceptors (Lipinski definition) is 2. The normalized spacial score (nSPS) is 16.6. The van der Waals surface area contributed by atoms with Crippen molar-refractivity contribution in [3.63, 3.8) is 0 Å². The molecule has 0 aliphatic carbocycles. The number of nitrogens with zero attached hydrogens (tertiary/aromatic N) is 2. The minimum Gasteiger partial charge on any atom is -0.334 e. The quantitative estimate of drug-likeness (QED) is 0.446. The second-order valence-corrected chi connectivity index (χ2v) is 8.85. The van der Waals surface area contributed by atoms with E-state index in [1.54, 1.807) is 12.1 Å². The van der Waals surface area contributed by atoms with E-state index in [0.717, 1.165) is 30.5 Å². The van der Waals surface area contributed by atoms with Crippen LogP contribution in [0.3, 0.4) is 0 Å². The number of hydrogen-bond donors (Lipinski definition) is 0. The molecule has 5 heteroatoms. The zero-order valence-electron chi connectivity index (χ0n) is 18.1. The van der Waals surface area contributed by atoms with Crippen LogP contribution in [-0.2, 0) is 24.4 Å². The van der Waals surface area contributed by atoms with E-state index < -0.39 is 0 Å². The van der Waals surface area contributed by atoms with Gasteiger partial charge in [-0.25, -0.2) is 4.39 Å². The van der Waals surface area contributed by atoms with Gasteiger partial charge in [-0.3, -0.25) is 9.69 Å². The van der Waals surface area contributed by atoms with Gasteiger partial charge in [0.05, 0.1) is 5.92 Å². The Morgan fingerprint density at radius 2 is 1.56 bits per heavy atom. The summed E-state index contributed by atoms with van der Waals surface area (Å²) in [5.41, 5.74) is 2.73. The van der Waals surface area contributed by atoms with E-state index in [1.807, 2.05) is 41.3 Å². The van der Waals surface area contributed by atoms with Crippen molar-refractivity contribution in [3.05, 3.63) is 106 Å². The minimum atomic E-state index is -0.291. The monoisotopic (exact) mass is 450 g/mol. The van der Waals surface area contributed by atoms with Crippen LogP contribution in [0.2, 0.25) is 5.02 Å². The number of carbonyl (C=O) groups excluding carboxylic acids is 1. The largest absolute Gasteiger partial charge is 0.334 e. The highest BCUT2D eigenvalue weighted by atomic mass is 35.5. The van der Waals surface area contributed by atoms with Crippen molar-refractivity contribution in [1.82, 2.24) is 9.80 Å². The summed E-state index contributed by atoms with van der Waals surface area (Å²) in [4.78, 5) is 17.7. The molecule has 0 N–H and O–H groups in total. The second kappa shape index (κ2) is 10.8. The van der Waals surface area contributed by atoms with Gasteiger partial charge >= 0.3 is 0 Å². The molecule has 1 fully saturated rings. The molecule has 1 heterocycles. The summed E-state index contributed by atoms with van der Waals surface area (Å²) in [6, 6.07) is 25.0. The molecule has 0 spiro atoms. The molecule has 1 saturated heterocycles. The number of carbonyl (C=O) groups is 1. The predicted molar refractivity (Wildman–Crippen MR) is 127 cm³/mol. The first-order chi connectivity index (χ1) is 15.6. The lowest BCUT2D eigenvalue weighted by atomic mass is 9.95. The highest BCUT2D eigenvalue weighted by molar-refractivity contribution is 6.31. The standard InChI is InChI=1S/C27H28ClFN2O/c28-25-14-7-15-26(29)24(25)20-30-16-8-13-23(19-30)27(32)31(17-21-9-3-1-4-10-21)18-22-11-5-2-6-12-22/h1-7,9-12,14-15,23H,8,13,16-20H2. The van der Waals surface area contributed by atoms with Gasteiger partial charge in [-0.05, 0) is 42.6 Å². The third kappa shape index (κ3) is 5.76. The van der Waals surface area contributed by atoms with Gasteiger partial charge in [0.15, 0.2) is 0 Å². The third-order valence-corrected chi connectivity index (χ3v) is 6.40. The van der Waals surface area contributed by atoms with E-state index in [0.29, 0.717) is 36.8 Å². The number of piperidine rings is 1. The fourth-order valence-electron chi connectivity index (χ4n) is 4.39. The van der Waals surface area contributed by atoms with Crippen LogP contribution in [0.1, 0.15) is 29.5 Å². The Labute approximate surface area is 194 Å². The molecule has 1 unspecified atom stereocenters. The number of rotatable bonds is 7. The summed E-state index contributed by atoms with van der Waals surface area (Å²) in [7, 11) is 0. The lowest BCUT2D eigenvalue weighted by Gasteiger charge is -2.35. The van der Waals surface area contributed by atoms with Gasteiger partial charge in [0.2, 0.25) is 5.91 Å². The van der Waals surface area contributed by atoms with Crippen LogP contribution in [-0.4, -0.2) is 28.8 Å². The van der Waals surface area contributed by atoms with E-state index in [9.17, 15) is 9.18 Å². The van der Waals surface area contributed by atoms with Crippen LogP contribution in [0.15, 0.2) is 78.9 Å². The molecule has 1 aliphatic rings. The van der Waals surface area contributed by atoms with Gasteiger partial charge in [-0.1, -0.05) is 78.3 Å². The van der Waals surface area contributed by atoms with Crippen molar-refractivity contribution < 1.29 is 9.18 Å². The van der Waals surface area contributed by atoms with E-state index in [-0.39, 0.29) is 17.6 Å². The Bertz CT molecular complexity index is 967. The van der Waals surface area contributed by atoms with Gasteiger partial charge in [-0.2, -0.15) is 0 Å². The predicted octanol–water partition coefficient (Wildman–Crippen LogP) is 5.92. The summed E-state index contributed by atoms with van der Waals surface area (Å²) in [6.45, 7) is 3.02. The highest BCUT2D eigenvalue weighted by Crippen LogP contribution is 2.26. The summed E-state index contributed by atoms with van der Waals surface area (Å²) in [5.74, 6) is -0.246. The Morgan fingerprint density at radius 1 is 0.938 bits per heavy atom. The average Bonchev–Trinajstić information content (AvgIpc) is 2.82. The topological polar surface area (TPSA) is 23.6 Å². The molecule has 3 nitrogen and oxygen atoms in total. The first-order valence-electron chi connectivity index (χ1n) is 11.1. The Morgan fingerprint density at radius 3 is 2.16 bits per heavy atom. The van der Waals surface area contributed by atoms with Gasteiger partial charge in [0.25, 0.3) is 0 Å². The zero-order chi connectivity index (χ0) is 22.3. The Kier molecular flexibility index (Phi) is 7.56. The summed E-state index contributed by atoms with van der Waals surface area (Å²) in [6.07, 6.45) is 1.76. The number of amides is 1. The summed E-state index contributed by atoms with van der Waals surface area (Å²) < 4.78 is 14.3. The van der Waals surface area contributed by atoms with Gasteiger partial charge in [0.1, 0.15) is 5.82 Å². The van der Waals surface area contributed by atoms with Gasteiger partial charge in [0, 0.05) is 36.8 Å². The summed E-state index contributed by atoms with van der Waals surface area (Å²) in [5, 5.41) is 0.438. The first-order valence-corrected chi connectivity index (χ1v) is 11.5. The van der Waals surface area contributed by atoms with E-state index in [4.69, 9.17) is 11.6 Å². The minimum absolute atomic E-state index is 0.110. The van der Waals surface area contributed by atoms with Crippen LogP contribution >= 0.6 is 11.6 Å². The van der Waals surface area contributed by atoms with Crippen LogP contribution in [0.4, 0.5) is 4.39 Å². The molecular weight excluding hydrogens is 423 g/mol. The van der Waals surface area contributed by atoms with Crippen molar-refractivity contribution in [2.75, 3.05) is 13.1 Å². The maximum atomic E-state index is 14.3. The lowest BCUT2D eigenvalue weighted by molar-refractivity contribution is -0.138. The SMILES string of the molecule is O=C(C1CCCN(Cc2c(F)cccc2Cl)C1)N(Cc1ccccc1)Cc1ccccc1. The Hall–Kier alpha value is -2.69. The van der Waals surface area contributed by atoms with Crippen molar-refractivity contribution in [2.45, 2.75) is 32.5 Å². The molecule has 0 radical (unpaired) electrons. The van der Waals surface area contributed by atoms with E-state index >= 15 is 0 Å². The summed E-state index contributed by atoms with van der Waals surface area (Å²) >= 11 is 6.24. The van der Waals surface area contributed by atoms with Crippen LogP contribution in [0.5, 0.6) is 0 Å². The molecule has 3 aromatic rings. The molecule has 1 amide bonds. The highest BCUT2D eigenvalue weighted by Gasteiger charge is 2.30. The van der Waals surface area contributed by atoms with Gasteiger partial charge < -0.3 is 4.90 Å². The average molecular weight is 451 g/mol. The number of benzene rings is 3. The molecule has 0 bridgehead atoms. The van der Waals surface area contributed by atoms with E-state index in [2.05, 4.69) is 29.2 Å². The second-order valence-electron chi connectivity index (χ2n) is 8.44. The van der Waals surface area contributed by atoms with Crippen molar-refractivity contribution in [2.24, 2.45) is 5.92 Å². The molecule has 0 saturated carbocycles. The number of likely N-dealkylation sites (tertiary alicyclic amines) is 1. The van der Waals surface area contributed by atoms with E-state index in [1.165, 1.54) is 6.07 Å². The smallest absolute Gasteiger partial charge is 0.227 e. The molecule has 4 rings (SSSR count). The molecule has 1 atom stereocenters.